The summed E-state index contributed by atoms with van der Waals surface area (Å²) in [5, 5.41) is 3.30. The Morgan fingerprint density at radius 2 is 1.90 bits per heavy atom. The quantitative estimate of drug-likeness (QED) is 0.873. The van der Waals surface area contributed by atoms with Crippen molar-refractivity contribution in [2.24, 2.45) is 0 Å². The molecule has 2 nitrogen and oxygen atoms in total. The van der Waals surface area contributed by atoms with Gasteiger partial charge in [-0.3, -0.25) is 0 Å². The summed E-state index contributed by atoms with van der Waals surface area (Å²) < 4.78 is 19.5. The van der Waals surface area contributed by atoms with Crippen LogP contribution in [0, 0.1) is 19.7 Å². The lowest BCUT2D eigenvalue weighted by atomic mass is 9.92. The van der Waals surface area contributed by atoms with Crippen LogP contribution in [0.4, 0.5) is 4.39 Å². The lowest BCUT2D eigenvalue weighted by Crippen LogP contribution is -2.20. The number of hydrogen-bond donors (Lipinski definition) is 1. The van der Waals surface area contributed by atoms with Gasteiger partial charge in [0.05, 0.1) is 17.6 Å². The van der Waals surface area contributed by atoms with Crippen molar-refractivity contribution >= 4 is 15.9 Å². The molecule has 0 spiro atoms. The van der Waals surface area contributed by atoms with Gasteiger partial charge in [0, 0.05) is 11.6 Å². The highest BCUT2D eigenvalue weighted by atomic mass is 79.9. The van der Waals surface area contributed by atoms with Crippen LogP contribution < -0.4 is 10.1 Å². The maximum atomic E-state index is 13.7. The van der Waals surface area contributed by atoms with Crippen molar-refractivity contribution in [2.45, 2.75) is 19.9 Å². The molecule has 2 aromatic rings. The number of nitrogens with one attached hydrogen (secondary N) is 1. The third-order valence-electron chi connectivity index (χ3n) is 3.83. The van der Waals surface area contributed by atoms with Crippen LogP contribution in [0.25, 0.3) is 0 Å². The molecule has 0 saturated carbocycles. The van der Waals surface area contributed by atoms with E-state index in [4.69, 9.17) is 4.74 Å². The molecule has 0 aliphatic carbocycles. The first kappa shape index (κ1) is 16.0. The fraction of sp³-hybridized carbons (Fsp3) is 0.294. The van der Waals surface area contributed by atoms with E-state index in [0.717, 1.165) is 11.1 Å². The van der Waals surface area contributed by atoms with Gasteiger partial charge in [-0.05, 0) is 59.6 Å². The Morgan fingerprint density at radius 1 is 1.19 bits per heavy atom. The first-order valence-electron chi connectivity index (χ1n) is 6.76. The van der Waals surface area contributed by atoms with E-state index in [1.54, 1.807) is 13.2 Å². The van der Waals surface area contributed by atoms with Crippen molar-refractivity contribution < 1.29 is 9.13 Å². The fourth-order valence-electron chi connectivity index (χ4n) is 2.51. The van der Waals surface area contributed by atoms with Gasteiger partial charge in [-0.25, -0.2) is 4.39 Å². The van der Waals surface area contributed by atoms with E-state index >= 15 is 0 Å². The highest BCUT2D eigenvalue weighted by Gasteiger charge is 2.20. The smallest absolute Gasteiger partial charge is 0.141 e. The van der Waals surface area contributed by atoms with Gasteiger partial charge in [-0.15, -0.1) is 0 Å². The Morgan fingerprint density at radius 3 is 2.52 bits per heavy atom. The topological polar surface area (TPSA) is 21.3 Å². The molecule has 0 aliphatic heterocycles. The van der Waals surface area contributed by atoms with Crippen molar-refractivity contribution in [2.75, 3.05) is 14.2 Å². The number of ether oxygens (including phenoxy) is 1. The summed E-state index contributed by atoms with van der Waals surface area (Å²) >= 11 is 3.25. The van der Waals surface area contributed by atoms with E-state index in [0.29, 0.717) is 10.2 Å². The first-order valence-corrected chi connectivity index (χ1v) is 7.55. The largest absolute Gasteiger partial charge is 0.496 e. The Labute approximate surface area is 133 Å². The minimum atomic E-state index is -0.327. The highest BCUT2D eigenvalue weighted by molar-refractivity contribution is 9.10. The Kier molecular flexibility index (Phi) is 5.01. The summed E-state index contributed by atoms with van der Waals surface area (Å²) in [6.07, 6.45) is 0. The van der Waals surface area contributed by atoms with Crippen LogP contribution in [-0.2, 0) is 0 Å². The number of benzene rings is 2. The molecule has 21 heavy (non-hydrogen) atoms. The van der Waals surface area contributed by atoms with Gasteiger partial charge in [0.15, 0.2) is 0 Å². The van der Waals surface area contributed by atoms with Crippen LogP contribution in [0.3, 0.4) is 0 Å². The SMILES string of the molecule is CNC(c1cc(Br)c(F)cc1OC)c1cccc(C)c1C. The molecule has 1 unspecified atom stereocenters. The first-order chi connectivity index (χ1) is 9.99. The summed E-state index contributed by atoms with van der Waals surface area (Å²) in [6.45, 7) is 4.18. The second kappa shape index (κ2) is 6.58. The number of halogens is 2. The molecule has 2 rings (SSSR count). The van der Waals surface area contributed by atoms with Gasteiger partial charge in [-0.2, -0.15) is 0 Å². The molecule has 112 valence electrons. The van der Waals surface area contributed by atoms with Gasteiger partial charge < -0.3 is 10.1 Å². The Balaban J connectivity index is 2.61. The van der Waals surface area contributed by atoms with Gasteiger partial charge in [0.2, 0.25) is 0 Å². The van der Waals surface area contributed by atoms with E-state index in [2.05, 4.69) is 47.2 Å². The number of hydrogen-bond acceptors (Lipinski definition) is 2. The molecule has 0 heterocycles. The summed E-state index contributed by atoms with van der Waals surface area (Å²) in [4.78, 5) is 0. The number of rotatable bonds is 4. The molecule has 0 aliphatic rings. The van der Waals surface area contributed by atoms with Crippen LogP contribution >= 0.6 is 15.9 Å². The molecule has 1 atom stereocenters. The molecule has 1 N–H and O–H groups in total. The Bertz CT molecular complexity index is 657. The van der Waals surface area contributed by atoms with Crippen molar-refractivity contribution in [3.05, 3.63) is 62.9 Å². The average molecular weight is 352 g/mol. The molecule has 4 heteroatoms. The molecule has 0 saturated heterocycles. The molecule has 0 aromatic heterocycles. The maximum Gasteiger partial charge on any atom is 0.141 e. The molecule has 0 amide bonds. The second-order valence-electron chi connectivity index (χ2n) is 5.02. The van der Waals surface area contributed by atoms with Crippen LogP contribution in [-0.4, -0.2) is 14.2 Å². The van der Waals surface area contributed by atoms with Crippen LogP contribution in [0.5, 0.6) is 5.75 Å². The molecule has 2 aromatic carbocycles. The zero-order valence-electron chi connectivity index (χ0n) is 12.6. The summed E-state index contributed by atoms with van der Waals surface area (Å²) in [5.74, 6) is 0.211. The minimum Gasteiger partial charge on any atom is -0.496 e. The van der Waals surface area contributed by atoms with Gasteiger partial charge >= 0.3 is 0 Å². The molecular weight excluding hydrogens is 333 g/mol. The number of aryl methyl sites for hydroxylation is 1. The monoisotopic (exact) mass is 351 g/mol. The average Bonchev–Trinajstić information content (AvgIpc) is 2.47. The molecule has 0 fully saturated rings. The normalized spacial score (nSPS) is 12.3. The zero-order valence-corrected chi connectivity index (χ0v) is 14.2. The predicted molar refractivity (Wildman–Crippen MR) is 87.5 cm³/mol. The van der Waals surface area contributed by atoms with Crippen LogP contribution in [0.1, 0.15) is 28.3 Å². The van der Waals surface area contributed by atoms with E-state index in [1.165, 1.54) is 17.2 Å². The van der Waals surface area contributed by atoms with Crippen molar-refractivity contribution in [1.29, 1.82) is 0 Å². The van der Waals surface area contributed by atoms with Crippen LogP contribution in [0.15, 0.2) is 34.8 Å². The zero-order chi connectivity index (χ0) is 15.6. The van der Waals surface area contributed by atoms with E-state index < -0.39 is 0 Å². The maximum absolute atomic E-state index is 13.7. The van der Waals surface area contributed by atoms with Gasteiger partial charge in [0.1, 0.15) is 11.6 Å². The third kappa shape index (κ3) is 3.11. The lowest BCUT2D eigenvalue weighted by Gasteiger charge is -2.23. The van der Waals surface area contributed by atoms with E-state index in [-0.39, 0.29) is 11.9 Å². The summed E-state index contributed by atoms with van der Waals surface area (Å²) in [6, 6.07) is 9.33. The van der Waals surface area contributed by atoms with Crippen molar-refractivity contribution in [3.63, 3.8) is 0 Å². The number of methoxy groups -OCH3 is 1. The van der Waals surface area contributed by atoms with Gasteiger partial charge in [0.25, 0.3) is 0 Å². The van der Waals surface area contributed by atoms with Gasteiger partial charge in [-0.1, -0.05) is 18.2 Å². The summed E-state index contributed by atoms with van der Waals surface area (Å²) in [7, 11) is 3.45. The van der Waals surface area contributed by atoms with Crippen LogP contribution in [0.2, 0.25) is 0 Å². The molecule has 0 bridgehead atoms. The summed E-state index contributed by atoms with van der Waals surface area (Å²) in [5.41, 5.74) is 4.52. The Hall–Kier alpha value is -1.39. The standard InChI is InChI=1S/C17H19BrFNO/c1-10-6-5-7-12(11(10)2)17(20-3)13-8-14(18)15(19)9-16(13)21-4/h5-9,17,20H,1-4H3. The lowest BCUT2D eigenvalue weighted by molar-refractivity contribution is 0.401. The van der Waals surface area contributed by atoms with E-state index in [1.807, 2.05) is 13.1 Å². The third-order valence-corrected chi connectivity index (χ3v) is 4.44. The van der Waals surface area contributed by atoms with Crippen molar-refractivity contribution in [1.82, 2.24) is 5.32 Å². The molecule has 0 radical (unpaired) electrons. The fourth-order valence-corrected chi connectivity index (χ4v) is 2.87. The minimum absolute atomic E-state index is 0.0586. The van der Waals surface area contributed by atoms with Crippen molar-refractivity contribution in [3.8, 4) is 5.75 Å². The second-order valence-corrected chi connectivity index (χ2v) is 5.87. The molecular formula is C17H19BrFNO. The highest BCUT2D eigenvalue weighted by Crippen LogP contribution is 2.35. The van der Waals surface area contributed by atoms with E-state index in [9.17, 15) is 4.39 Å². The predicted octanol–water partition coefficient (Wildman–Crippen LogP) is 4.52.